The minimum absolute atomic E-state index is 0.150. The molecular weight excluding hydrogens is 292 g/mol. The third-order valence-electron chi connectivity index (χ3n) is 4.15. The summed E-state index contributed by atoms with van der Waals surface area (Å²) in [4.78, 5) is 16.5. The second kappa shape index (κ2) is 6.10. The van der Waals surface area contributed by atoms with Gasteiger partial charge in [0.25, 0.3) is 0 Å². The first-order valence-electron chi connectivity index (χ1n) is 7.28. The van der Waals surface area contributed by atoms with E-state index in [9.17, 15) is 4.79 Å². The van der Waals surface area contributed by atoms with Crippen LogP contribution in [0, 0.1) is 0 Å². The number of hydrogen-bond donors (Lipinski definition) is 0. The Morgan fingerprint density at radius 1 is 1.25 bits per heavy atom. The van der Waals surface area contributed by atoms with Gasteiger partial charge in [-0.2, -0.15) is 16.7 Å². The third-order valence-corrected chi connectivity index (χ3v) is 7.54. The maximum absolute atomic E-state index is 11.9. The second-order valence-electron chi connectivity index (χ2n) is 5.62. The summed E-state index contributed by atoms with van der Waals surface area (Å²) >= 11 is 3.88. The summed E-state index contributed by atoms with van der Waals surface area (Å²) < 4.78 is 5.39. The quantitative estimate of drug-likeness (QED) is 0.831. The molecule has 4 unspecified atom stereocenters. The maximum Gasteiger partial charge on any atom is 0.237 e. The summed E-state index contributed by atoms with van der Waals surface area (Å²) in [6, 6.07) is 0. The molecule has 1 saturated heterocycles. The van der Waals surface area contributed by atoms with E-state index in [1.165, 1.54) is 0 Å². The molecule has 110 valence electrons. The number of nitrogens with zero attached hydrogens (tertiary/aromatic N) is 2. The molecule has 1 aliphatic heterocycles. The molecule has 6 heteroatoms. The molecule has 1 aliphatic carbocycles. The normalized spacial score (nSPS) is 35.2. The van der Waals surface area contributed by atoms with E-state index in [2.05, 4.69) is 24.0 Å². The molecule has 0 N–H and O–H groups in total. The van der Waals surface area contributed by atoms with Crippen LogP contribution in [0.1, 0.15) is 62.4 Å². The van der Waals surface area contributed by atoms with Crippen LogP contribution in [-0.2, 0) is 4.79 Å². The predicted octanol–water partition coefficient (Wildman–Crippen LogP) is 3.59. The zero-order chi connectivity index (χ0) is 14.1. The van der Waals surface area contributed by atoms with Crippen molar-refractivity contribution in [3.8, 4) is 0 Å². The first kappa shape index (κ1) is 14.4. The monoisotopic (exact) mass is 312 g/mol. The maximum atomic E-state index is 11.9. The van der Waals surface area contributed by atoms with Crippen molar-refractivity contribution in [3.05, 3.63) is 11.7 Å². The molecule has 4 atom stereocenters. The molecule has 1 aromatic rings. The fraction of sp³-hybridized carbons (Fsp3) is 0.786. The lowest BCUT2D eigenvalue weighted by molar-refractivity contribution is -0.122. The first-order chi connectivity index (χ1) is 9.65. The van der Waals surface area contributed by atoms with Crippen molar-refractivity contribution >= 4 is 29.3 Å². The average molecular weight is 312 g/mol. The van der Waals surface area contributed by atoms with Gasteiger partial charge in [-0.3, -0.25) is 4.79 Å². The largest absolute Gasteiger partial charge is 0.339 e. The Bertz CT molecular complexity index is 491. The summed E-state index contributed by atoms with van der Waals surface area (Å²) in [7, 11) is 0. The Morgan fingerprint density at radius 3 is 2.85 bits per heavy atom. The van der Waals surface area contributed by atoms with Gasteiger partial charge in [-0.15, -0.1) is 11.8 Å². The van der Waals surface area contributed by atoms with E-state index in [1.54, 1.807) is 0 Å². The van der Waals surface area contributed by atoms with Crippen molar-refractivity contribution in [1.82, 2.24) is 10.1 Å². The van der Waals surface area contributed by atoms with Crippen molar-refractivity contribution in [2.24, 2.45) is 0 Å². The van der Waals surface area contributed by atoms with Crippen molar-refractivity contribution < 1.29 is 9.32 Å². The Labute approximate surface area is 127 Å². The second-order valence-corrected chi connectivity index (χ2v) is 8.62. The molecule has 1 aromatic heterocycles. The SMILES string of the molecule is CC1SCC(c2noc(C3CCCCC3=O)n2)SC1C. The highest BCUT2D eigenvalue weighted by atomic mass is 32.2. The van der Waals surface area contributed by atoms with Gasteiger partial charge in [0.1, 0.15) is 5.78 Å². The van der Waals surface area contributed by atoms with Crippen LogP contribution in [-0.4, -0.2) is 32.2 Å². The summed E-state index contributed by atoms with van der Waals surface area (Å²) in [5.74, 6) is 2.45. The van der Waals surface area contributed by atoms with Gasteiger partial charge in [0, 0.05) is 22.7 Å². The summed E-state index contributed by atoms with van der Waals surface area (Å²) in [5.41, 5.74) is 0. The molecule has 2 fully saturated rings. The van der Waals surface area contributed by atoms with Gasteiger partial charge in [0.15, 0.2) is 5.82 Å². The Kier molecular flexibility index (Phi) is 4.40. The van der Waals surface area contributed by atoms with E-state index in [0.29, 0.717) is 28.1 Å². The van der Waals surface area contributed by atoms with Crippen LogP contribution >= 0.6 is 23.5 Å². The van der Waals surface area contributed by atoms with Crippen molar-refractivity contribution in [1.29, 1.82) is 0 Å². The number of carbonyl (C=O) groups is 1. The van der Waals surface area contributed by atoms with Crippen molar-refractivity contribution in [2.75, 3.05) is 5.75 Å². The standard InChI is InChI=1S/C14H20N2O2S2/c1-8-9(2)20-12(7-19-8)13-15-14(18-16-13)10-5-3-4-6-11(10)17/h8-10,12H,3-7H2,1-2H3. The molecule has 0 radical (unpaired) electrons. The van der Waals surface area contributed by atoms with E-state index >= 15 is 0 Å². The Morgan fingerprint density at radius 2 is 2.10 bits per heavy atom. The number of hydrogen-bond acceptors (Lipinski definition) is 6. The molecule has 3 rings (SSSR count). The van der Waals surface area contributed by atoms with Crippen LogP contribution < -0.4 is 0 Å². The minimum Gasteiger partial charge on any atom is -0.339 e. The third kappa shape index (κ3) is 2.91. The number of aromatic nitrogens is 2. The van der Waals surface area contributed by atoms with E-state index in [-0.39, 0.29) is 11.7 Å². The molecular formula is C14H20N2O2S2. The number of Topliss-reactive ketones (excluding diaryl/α,β-unsaturated/α-hetero) is 1. The fourth-order valence-electron chi connectivity index (χ4n) is 2.68. The van der Waals surface area contributed by atoms with Crippen LogP contribution in [0.3, 0.4) is 0 Å². The summed E-state index contributed by atoms with van der Waals surface area (Å²) in [6.07, 6.45) is 3.60. The Balaban J connectivity index is 1.72. The van der Waals surface area contributed by atoms with Crippen molar-refractivity contribution in [2.45, 2.75) is 61.2 Å². The topological polar surface area (TPSA) is 56.0 Å². The zero-order valence-corrected chi connectivity index (χ0v) is 13.5. The summed E-state index contributed by atoms with van der Waals surface area (Å²) in [5, 5.41) is 5.69. The van der Waals surface area contributed by atoms with Gasteiger partial charge in [-0.25, -0.2) is 0 Å². The smallest absolute Gasteiger partial charge is 0.237 e. The predicted molar refractivity (Wildman–Crippen MR) is 82.2 cm³/mol. The van der Waals surface area contributed by atoms with E-state index < -0.39 is 0 Å². The molecule has 2 heterocycles. The Hall–Kier alpha value is -0.490. The molecule has 0 aromatic carbocycles. The first-order valence-corrected chi connectivity index (χ1v) is 9.27. The summed E-state index contributed by atoms with van der Waals surface area (Å²) in [6.45, 7) is 4.51. The molecule has 0 spiro atoms. The number of carbonyl (C=O) groups excluding carboxylic acids is 1. The van der Waals surface area contributed by atoms with Crippen molar-refractivity contribution in [3.63, 3.8) is 0 Å². The van der Waals surface area contributed by atoms with Gasteiger partial charge in [0.05, 0.1) is 11.2 Å². The van der Waals surface area contributed by atoms with E-state index in [0.717, 1.165) is 30.8 Å². The van der Waals surface area contributed by atoms with Crippen LogP contribution in [0.2, 0.25) is 0 Å². The molecule has 0 bridgehead atoms. The van der Waals surface area contributed by atoms with E-state index in [4.69, 9.17) is 4.52 Å². The van der Waals surface area contributed by atoms with Gasteiger partial charge in [0.2, 0.25) is 5.89 Å². The van der Waals surface area contributed by atoms with Crippen LogP contribution in [0.25, 0.3) is 0 Å². The fourth-order valence-corrected chi connectivity index (χ4v) is 5.52. The lowest BCUT2D eigenvalue weighted by Crippen LogP contribution is -2.22. The minimum atomic E-state index is -0.150. The highest BCUT2D eigenvalue weighted by Crippen LogP contribution is 2.43. The highest BCUT2D eigenvalue weighted by molar-refractivity contribution is 8.07. The number of ketones is 1. The molecule has 1 saturated carbocycles. The molecule has 2 aliphatic rings. The lowest BCUT2D eigenvalue weighted by atomic mass is 9.88. The molecule has 0 amide bonds. The van der Waals surface area contributed by atoms with Gasteiger partial charge < -0.3 is 4.52 Å². The van der Waals surface area contributed by atoms with Gasteiger partial charge >= 0.3 is 0 Å². The highest BCUT2D eigenvalue weighted by Gasteiger charge is 2.33. The zero-order valence-electron chi connectivity index (χ0n) is 11.9. The van der Waals surface area contributed by atoms with Crippen LogP contribution in [0.4, 0.5) is 0 Å². The number of thioether (sulfide) groups is 2. The average Bonchev–Trinajstić information content (AvgIpc) is 2.92. The molecule has 20 heavy (non-hydrogen) atoms. The lowest BCUT2D eigenvalue weighted by Gasteiger charge is -2.29. The molecule has 4 nitrogen and oxygen atoms in total. The number of rotatable bonds is 2. The van der Waals surface area contributed by atoms with E-state index in [1.807, 2.05) is 23.5 Å². The van der Waals surface area contributed by atoms with Crippen LogP contribution in [0.5, 0.6) is 0 Å². The van der Waals surface area contributed by atoms with Gasteiger partial charge in [-0.05, 0) is 12.8 Å². The van der Waals surface area contributed by atoms with Gasteiger partial charge in [-0.1, -0.05) is 25.4 Å². The van der Waals surface area contributed by atoms with Crippen LogP contribution in [0.15, 0.2) is 4.52 Å².